The van der Waals surface area contributed by atoms with Gasteiger partial charge < -0.3 is 20.4 Å². The fourth-order valence-corrected chi connectivity index (χ4v) is 6.12. The summed E-state index contributed by atoms with van der Waals surface area (Å²) < 4.78 is 3.01. The number of benzene rings is 1. The average Bonchev–Trinajstić information content (AvgIpc) is 3.15. The molecule has 1 saturated carbocycles. The minimum atomic E-state index is -0.606. The van der Waals surface area contributed by atoms with Crippen molar-refractivity contribution >= 4 is 17.5 Å². The third-order valence-corrected chi connectivity index (χ3v) is 8.39. The number of pyridine rings is 1. The molecule has 5 rings (SSSR count). The number of aromatic nitrogens is 2. The highest BCUT2D eigenvalue weighted by molar-refractivity contribution is 6.02. The second kappa shape index (κ2) is 11.6. The van der Waals surface area contributed by atoms with Crippen molar-refractivity contribution in [3.05, 3.63) is 76.5 Å². The molecule has 1 fully saturated rings. The van der Waals surface area contributed by atoms with Crippen molar-refractivity contribution in [2.24, 2.45) is 5.92 Å². The zero-order chi connectivity index (χ0) is 27.5. The minimum absolute atomic E-state index is 0.0963. The van der Waals surface area contributed by atoms with Crippen molar-refractivity contribution in [3.63, 3.8) is 0 Å². The average molecular weight is 530 g/mol. The Balaban J connectivity index is 1.35. The zero-order valence-corrected chi connectivity index (χ0v) is 23.2. The molecule has 39 heavy (non-hydrogen) atoms. The van der Waals surface area contributed by atoms with E-state index >= 15 is 0 Å². The summed E-state index contributed by atoms with van der Waals surface area (Å²) in [4.78, 5) is 29.4. The smallest absolute Gasteiger partial charge is 0.253 e. The first kappa shape index (κ1) is 26.9. The standard InChI is InChI=1S/C31H39N5O3/c1-21-14-17-36(39)22(2)28(21)23-10-12-25(13-11-23)32-31(38)29(24-8-6-4-5-7-9-24)33-30(37)26-15-16-35-19-18-34(3)20-27(26)35/h10-17,24,29H,4-9,18-20H2,1-3H3,(H,32,38)(H,33,37)/t29-/m0/s1. The molecule has 0 bridgehead atoms. The molecule has 206 valence electrons. The number of rotatable bonds is 6. The van der Waals surface area contributed by atoms with Crippen LogP contribution in [0.15, 0.2) is 48.8 Å². The number of likely N-dealkylation sites (N-methyl/N-ethyl adjacent to an activating group) is 1. The number of hydrogen-bond acceptors (Lipinski definition) is 4. The SMILES string of the molecule is Cc1cc[n+]([O-])c(C)c1-c1ccc(NC(=O)[C@@H](NC(=O)c2ccn3c2CN(C)CC3)C2CCCCCC2)cc1. The van der Waals surface area contributed by atoms with Gasteiger partial charge >= 0.3 is 0 Å². The first-order valence-corrected chi connectivity index (χ1v) is 14.1. The summed E-state index contributed by atoms with van der Waals surface area (Å²) in [6.45, 7) is 6.33. The fraction of sp³-hybridized carbons (Fsp3) is 0.452. The van der Waals surface area contributed by atoms with Crippen LogP contribution in [0.2, 0.25) is 0 Å². The topological polar surface area (TPSA) is 93.3 Å². The van der Waals surface area contributed by atoms with Crippen molar-refractivity contribution in [3.8, 4) is 11.1 Å². The molecule has 0 unspecified atom stereocenters. The monoisotopic (exact) mass is 529 g/mol. The van der Waals surface area contributed by atoms with Gasteiger partial charge in [0.15, 0.2) is 11.9 Å². The van der Waals surface area contributed by atoms with Crippen LogP contribution in [0.4, 0.5) is 5.69 Å². The van der Waals surface area contributed by atoms with E-state index in [0.717, 1.165) is 72.4 Å². The molecule has 8 nitrogen and oxygen atoms in total. The van der Waals surface area contributed by atoms with Gasteiger partial charge in [0, 0.05) is 50.2 Å². The summed E-state index contributed by atoms with van der Waals surface area (Å²) in [6, 6.07) is 10.7. The maximum Gasteiger partial charge on any atom is 0.253 e. The number of carbonyl (C=O) groups is 2. The molecular formula is C31H39N5O3. The van der Waals surface area contributed by atoms with Crippen LogP contribution in [-0.4, -0.2) is 40.9 Å². The number of carbonyl (C=O) groups excluding carboxylic acids is 2. The van der Waals surface area contributed by atoms with Gasteiger partial charge in [-0.1, -0.05) is 37.8 Å². The number of fused-ring (bicyclic) bond motifs is 1. The molecule has 8 heteroatoms. The Morgan fingerprint density at radius 3 is 2.44 bits per heavy atom. The van der Waals surface area contributed by atoms with Crippen LogP contribution in [0.1, 0.15) is 65.8 Å². The molecular weight excluding hydrogens is 490 g/mol. The molecule has 1 aromatic carbocycles. The third kappa shape index (κ3) is 5.86. The lowest BCUT2D eigenvalue weighted by Gasteiger charge is -2.28. The number of anilines is 1. The summed E-state index contributed by atoms with van der Waals surface area (Å²) in [5.74, 6) is -0.267. The molecule has 0 spiro atoms. The van der Waals surface area contributed by atoms with Crippen molar-refractivity contribution in [1.29, 1.82) is 0 Å². The van der Waals surface area contributed by atoms with Gasteiger partial charge in [0.1, 0.15) is 6.04 Å². The highest BCUT2D eigenvalue weighted by atomic mass is 16.5. The van der Waals surface area contributed by atoms with Crippen molar-refractivity contribution < 1.29 is 14.3 Å². The second-order valence-corrected chi connectivity index (χ2v) is 11.2. The zero-order valence-electron chi connectivity index (χ0n) is 23.2. The Kier molecular flexibility index (Phi) is 8.02. The van der Waals surface area contributed by atoms with E-state index in [9.17, 15) is 14.8 Å². The van der Waals surface area contributed by atoms with Crippen molar-refractivity contribution in [2.45, 2.75) is 71.5 Å². The maximum absolute atomic E-state index is 13.7. The van der Waals surface area contributed by atoms with E-state index in [0.29, 0.717) is 16.9 Å². The normalized spacial score (nSPS) is 17.2. The van der Waals surface area contributed by atoms with Crippen LogP contribution in [0, 0.1) is 25.0 Å². The Morgan fingerprint density at radius 1 is 1.00 bits per heavy atom. The molecule has 3 heterocycles. The number of amides is 2. The molecule has 1 aliphatic carbocycles. The highest BCUT2D eigenvalue weighted by Crippen LogP contribution is 2.29. The first-order chi connectivity index (χ1) is 18.8. The van der Waals surface area contributed by atoms with E-state index in [2.05, 4.69) is 27.1 Å². The Hall–Kier alpha value is -3.65. The second-order valence-electron chi connectivity index (χ2n) is 11.2. The van der Waals surface area contributed by atoms with E-state index in [4.69, 9.17) is 0 Å². The van der Waals surface area contributed by atoms with Gasteiger partial charge in [-0.25, -0.2) is 0 Å². The number of nitrogens with zero attached hydrogens (tertiary/aromatic N) is 3. The summed E-state index contributed by atoms with van der Waals surface area (Å²) in [7, 11) is 2.06. The van der Waals surface area contributed by atoms with Crippen LogP contribution in [-0.2, 0) is 17.9 Å². The van der Waals surface area contributed by atoms with E-state index in [1.54, 1.807) is 0 Å². The molecule has 2 amide bonds. The Bertz CT molecular complexity index is 1340. The summed E-state index contributed by atoms with van der Waals surface area (Å²) >= 11 is 0. The van der Waals surface area contributed by atoms with Crippen LogP contribution in [0.25, 0.3) is 11.1 Å². The first-order valence-electron chi connectivity index (χ1n) is 14.1. The minimum Gasteiger partial charge on any atom is -0.618 e. The largest absolute Gasteiger partial charge is 0.618 e. The van der Waals surface area contributed by atoms with Gasteiger partial charge in [0.05, 0.1) is 11.1 Å². The highest BCUT2D eigenvalue weighted by Gasteiger charge is 2.32. The van der Waals surface area contributed by atoms with Gasteiger partial charge in [0.25, 0.3) is 5.91 Å². The molecule has 0 saturated heterocycles. The summed E-state index contributed by atoms with van der Waals surface area (Å²) in [6.07, 6.45) is 9.83. The molecule has 2 N–H and O–H groups in total. The van der Waals surface area contributed by atoms with E-state index in [-0.39, 0.29) is 17.7 Å². The number of nitrogens with one attached hydrogen (secondary N) is 2. The van der Waals surface area contributed by atoms with Gasteiger partial charge in [0.2, 0.25) is 5.91 Å². The van der Waals surface area contributed by atoms with Crippen molar-refractivity contribution in [1.82, 2.24) is 14.8 Å². The van der Waals surface area contributed by atoms with E-state index in [1.807, 2.05) is 56.4 Å². The van der Waals surface area contributed by atoms with Gasteiger partial charge in [-0.3, -0.25) is 14.5 Å². The maximum atomic E-state index is 13.7. The fourth-order valence-electron chi connectivity index (χ4n) is 6.12. The molecule has 3 aromatic rings. The Morgan fingerprint density at radius 2 is 1.72 bits per heavy atom. The molecule has 2 aliphatic rings. The quantitative estimate of drug-likeness (QED) is 0.278. The van der Waals surface area contributed by atoms with Gasteiger partial charge in [-0.2, -0.15) is 4.73 Å². The number of hydrogen-bond donors (Lipinski definition) is 2. The lowest BCUT2D eigenvalue weighted by atomic mass is 9.90. The van der Waals surface area contributed by atoms with Crippen molar-refractivity contribution in [2.75, 3.05) is 18.9 Å². The lowest BCUT2D eigenvalue weighted by Crippen LogP contribution is -2.48. The number of aryl methyl sites for hydroxylation is 1. The molecule has 2 aromatic heterocycles. The van der Waals surface area contributed by atoms with E-state index in [1.165, 1.54) is 19.0 Å². The molecule has 1 aliphatic heterocycles. The van der Waals surface area contributed by atoms with Crippen LogP contribution >= 0.6 is 0 Å². The predicted molar refractivity (Wildman–Crippen MR) is 152 cm³/mol. The van der Waals surface area contributed by atoms with Crippen LogP contribution < -0.4 is 15.4 Å². The third-order valence-electron chi connectivity index (χ3n) is 8.39. The van der Waals surface area contributed by atoms with Crippen LogP contribution in [0.5, 0.6) is 0 Å². The predicted octanol–water partition coefficient (Wildman–Crippen LogP) is 4.56. The lowest BCUT2D eigenvalue weighted by molar-refractivity contribution is -0.611. The summed E-state index contributed by atoms with van der Waals surface area (Å²) in [5, 5.41) is 18.3. The molecule has 0 radical (unpaired) electrons. The Labute approximate surface area is 230 Å². The summed E-state index contributed by atoms with van der Waals surface area (Å²) in [5.41, 5.74) is 5.80. The molecule has 1 atom stereocenters. The van der Waals surface area contributed by atoms with Gasteiger partial charge in [-0.05, 0) is 62.1 Å². The van der Waals surface area contributed by atoms with Gasteiger partial charge in [-0.15, -0.1) is 0 Å². The van der Waals surface area contributed by atoms with E-state index < -0.39 is 6.04 Å². The van der Waals surface area contributed by atoms with Crippen LogP contribution in [0.3, 0.4) is 0 Å².